The van der Waals surface area contributed by atoms with E-state index in [-0.39, 0.29) is 20.4 Å². The standard InChI is InChI=1S/C28H36O3Se/c1-17-13-20(29)14-18(2)26(17)32-16-28(30)12-10-25-24-7-5-19-15-21(31-4)6-8-22(19)23(24)9-11-27(25,28)3/h6,8,13-15,23-25,29-30H,5,7,9-12,16H2,1-4H3/t23-,24-,25+,27+,28-/m1/s1. The van der Waals surface area contributed by atoms with Crippen LogP contribution in [0.1, 0.15) is 67.2 Å². The Kier molecular flexibility index (Phi) is 5.63. The van der Waals surface area contributed by atoms with Crippen LogP contribution in [0.3, 0.4) is 0 Å². The Morgan fingerprint density at radius 1 is 1.06 bits per heavy atom. The summed E-state index contributed by atoms with van der Waals surface area (Å²) >= 11 is 0.209. The fourth-order valence-electron chi connectivity index (χ4n) is 7.38. The third-order valence-electron chi connectivity index (χ3n) is 9.16. The van der Waals surface area contributed by atoms with Crippen LogP contribution in [0.5, 0.6) is 11.5 Å². The number of aromatic hydroxyl groups is 1. The minimum absolute atomic E-state index is 0.0125. The van der Waals surface area contributed by atoms with E-state index < -0.39 is 5.60 Å². The van der Waals surface area contributed by atoms with E-state index in [0.29, 0.717) is 23.5 Å². The molecule has 2 aromatic carbocycles. The van der Waals surface area contributed by atoms with Gasteiger partial charge in [0.25, 0.3) is 0 Å². The van der Waals surface area contributed by atoms with Gasteiger partial charge in [-0.25, -0.2) is 0 Å². The number of rotatable bonds is 4. The van der Waals surface area contributed by atoms with Crippen molar-refractivity contribution in [3.05, 3.63) is 52.6 Å². The molecule has 0 aromatic heterocycles. The maximum atomic E-state index is 12.0. The summed E-state index contributed by atoms with van der Waals surface area (Å²) in [6, 6.07) is 10.4. The van der Waals surface area contributed by atoms with Crippen molar-refractivity contribution in [2.75, 3.05) is 7.11 Å². The van der Waals surface area contributed by atoms with Gasteiger partial charge in [-0.05, 0) is 0 Å². The molecular formula is C28H36O3Se. The van der Waals surface area contributed by atoms with Gasteiger partial charge in [-0.1, -0.05) is 0 Å². The number of aliphatic hydroxyl groups is 1. The summed E-state index contributed by atoms with van der Waals surface area (Å²) in [6.45, 7) is 6.58. The summed E-state index contributed by atoms with van der Waals surface area (Å²) in [5.41, 5.74) is 4.78. The van der Waals surface area contributed by atoms with E-state index in [1.165, 1.54) is 22.9 Å². The number of phenolic OH excluding ortho intramolecular Hbond substituents is 1. The number of fused-ring (bicyclic) bond motifs is 5. The number of ether oxygens (including phenoxy) is 1. The van der Waals surface area contributed by atoms with Gasteiger partial charge < -0.3 is 0 Å². The Morgan fingerprint density at radius 2 is 1.81 bits per heavy atom. The molecule has 2 aromatic rings. The summed E-state index contributed by atoms with van der Waals surface area (Å²) < 4.78 is 6.82. The fraction of sp³-hybridized carbons (Fsp3) is 0.571. The van der Waals surface area contributed by atoms with E-state index in [0.717, 1.165) is 47.9 Å². The zero-order chi connectivity index (χ0) is 22.7. The molecule has 5 rings (SSSR count). The summed E-state index contributed by atoms with van der Waals surface area (Å²) in [5, 5.41) is 22.8. The minimum atomic E-state index is -0.570. The monoisotopic (exact) mass is 500 g/mol. The Hall–Kier alpha value is -1.48. The summed E-state index contributed by atoms with van der Waals surface area (Å²) in [4.78, 5) is 0. The predicted molar refractivity (Wildman–Crippen MR) is 130 cm³/mol. The first kappa shape index (κ1) is 22.3. The van der Waals surface area contributed by atoms with Crippen LogP contribution in [0.4, 0.5) is 0 Å². The summed E-state index contributed by atoms with van der Waals surface area (Å²) in [7, 11) is 1.75. The van der Waals surface area contributed by atoms with Gasteiger partial charge >= 0.3 is 199 Å². The number of aryl methyl sites for hydroxylation is 3. The van der Waals surface area contributed by atoms with Gasteiger partial charge in [0, 0.05) is 0 Å². The molecule has 2 N–H and O–H groups in total. The topological polar surface area (TPSA) is 49.7 Å². The second-order valence-corrected chi connectivity index (χ2v) is 12.8. The first-order chi connectivity index (χ1) is 15.3. The molecule has 172 valence electrons. The van der Waals surface area contributed by atoms with Gasteiger partial charge in [0.05, 0.1) is 0 Å². The van der Waals surface area contributed by atoms with Crippen LogP contribution in [0.25, 0.3) is 0 Å². The van der Waals surface area contributed by atoms with E-state index in [2.05, 4.69) is 39.0 Å². The van der Waals surface area contributed by atoms with Crippen LogP contribution in [-0.4, -0.2) is 37.9 Å². The number of phenols is 1. The van der Waals surface area contributed by atoms with Crippen molar-refractivity contribution in [2.45, 2.75) is 76.1 Å². The van der Waals surface area contributed by atoms with Crippen molar-refractivity contribution in [2.24, 2.45) is 17.3 Å². The molecule has 0 unspecified atom stereocenters. The number of benzene rings is 2. The molecule has 0 saturated heterocycles. The van der Waals surface area contributed by atoms with Crippen molar-refractivity contribution < 1.29 is 14.9 Å². The van der Waals surface area contributed by atoms with Crippen molar-refractivity contribution in [1.29, 1.82) is 0 Å². The molecule has 3 aliphatic rings. The van der Waals surface area contributed by atoms with Gasteiger partial charge in [0.15, 0.2) is 0 Å². The molecule has 0 radical (unpaired) electrons. The van der Waals surface area contributed by atoms with Gasteiger partial charge in [-0.2, -0.15) is 0 Å². The normalized spacial score (nSPS) is 33.3. The van der Waals surface area contributed by atoms with Crippen LogP contribution in [0.15, 0.2) is 30.3 Å². The molecule has 3 aliphatic carbocycles. The molecular weight excluding hydrogens is 463 g/mol. The van der Waals surface area contributed by atoms with Crippen LogP contribution < -0.4 is 9.20 Å². The SMILES string of the molecule is COc1ccc2c(c1)CC[C@@H]1[C@@H]2CC[C@@]2(C)[C@H]1CC[C@@]2(O)C[Se]c1c(C)cc(O)cc1C. The summed E-state index contributed by atoms with van der Waals surface area (Å²) in [5.74, 6) is 3.25. The van der Waals surface area contributed by atoms with Crippen molar-refractivity contribution in [3.8, 4) is 11.5 Å². The first-order valence-electron chi connectivity index (χ1n) is 12.1. The number of hydrogen-bond acceptors (Lipinski definition) is 3. The zero-order valence-corrected chi connectivity index (χ0v) is 21.5. The first-order valence-corrected chi connectivity index (χ1v) is 14.1. The molecule has 32 heavy (non-hydrogen) atoms. The third-order valence-corrected chi connectivity index (χ3v) is 12.4. The zero-order valence-electron chi connectivity index (χ0n) is 19.8. The summed E-state index contributed by atoms with van der Waals surface area (Å²) in [6.07, 6.45) is 6.76. The maximum absolute atomic E-state index is 12.0. The molecule has 2 fully saturated rings. The number of methoxy groups -OCH3 is 1. The predicted octanol–water partition coefficient (Wildman–Crippen LogP) is 5.05. The van der Waals surface area contributed by atoms with Crippen molar-refractivity contribution in [3.63, 3.8) is 0 Å². The average molecular weight is 500 g/mol. The van der Waals surface area contributed by atoms with E-state index in [9.17, 15) is 10.2 Å². The van der Waals surface area contributed by atoms with Crippen LogP contribution in [0.2, 0.25) is 5.32 Å². The van der Waals surface area contributed by atoms with E-state index in [4.69, 9.17) is 4.74 Å². The van der Waals surface area contributed by atoms with Crippen molar-refractivity contribution in [1.82, 2.24) is 0 Å². The molecule has 0 spiro atoms. The van der Waals surface area contributed by atoms with Gasteiger partial charge in [0.1, 0.15) is 0 Å². The molecule has 3 nitrogen and oxygen atoms in total. The van der Waals surface area contributed by atoms with E-state index >= 15 is 0 Å². The molecule has 2 saturated carbocycles. The van der Waals surface area contributed by atoms with Gasteiger partial charge in [0.2, 0.25) is 0 Å². The van der Waals surface area contributed by atoms with Gasteiger partial charge in [-0.3, -0.25) is 0 Å². The molecule has 0 amide bonds. The Balaban J connectivity index is 1.38. The van der Waals surface area contributed by atoms with Crippen molar-refractivity contribution >= 4 is 19.4 Å². The van der Waals surface area contributed by atoms with Crippen LogP contribution >= 0.6 is 0 Å². The second-order valence-electron chi connectivity index (χ2n) is 10.7. The second kappa shape index (κ2) is 8.08. The van der Waals surface area contributed by atoms with Gasteiger partial charge in [-0.15, -0.1) is 0 Å². The van der Waals surface area contributed by atoms with Crippen LogP contribution in [0, 0.1) is 31.1 Å². The van der Waals surface area contributed by atoms with E-state index in [1.54, 1.807) is 12.7 Å². The molecule has 0 bridgehead atoms. The molecule has 5 atom stereocenters. The van der Waals surface area contributed by atoms with Crippen LogP contribution in [-0.2, 0) is 6.42 Å². The molecule has 0 heterocycles. The number of hydrogen-bond donors (Lipinski definition) is 2. The Labute approximate surface area is 198 Å². The van der Waals surface area contributed by atoms with E-state index in [1.807, 2.05) is 12.1 Å². The third kappa shape index (κ3) is 3.42. The fourth-order valence-corrected chi connectivity index (χ4v) is 10.4. The quantitative estimate of drug-likeness (QED) is 0.579. The average Bonchev–Trinajstić information content (AvgIpc) is 3.03. The molecule has 4 heteroatoms. The Morgan fingerprint density at radius 3 is 2.53 bits per heavy atom. The Bertz CT molecular complexity index is 1010. The molecule has 0 aliphatic heterocycles.